The normalized spacial score (nSPS) is 11.0. The Bertz CT molecular complexity index is 1160. The molecule has 1 N–H and O–H groups in total. The largest absolute Gasteiger partial charge is 0.497 e. The third kappa shape index (κ3) is 5.59. The van der Waals surface area contributed by atoms with Crippen LogP contribution in [0.15, 0.2) is 77.7 Å². The van der Waals surface area contributed by atoms with Gasteiger partial charge in [0.05, 0.1) is 17.7 Å². The molecule has 3 rings (SSSR count). The van der Waals surface area contributed by atoms with Gasteiger partial charge in [-0.25, -0.2) is 8.42 Å². The van der Waals surface area contributed by atoms with Gasteiger partial charge in [0.2, 0.25) is 0 Å². The highest BCUT2D eigenvalue weighted by Gasteiger charge is 2.21. The number of hydrogen-bond acceptors (Lipinski definition) is 5. The molecule has 32 heavy (non-hydrogen) atoms. The number of methoxy groups -OCH3 is 1. The van der Waals surface area contributed by atoms with Crippen molar-refractivity contribution in [3.63, 3.8) is 0 Å². The highest BCUT2D eigenvalue weighted by atomic mass is 32.2. The Morgan fingerprint density at radius 3 is 2.25 bits per heavy atom. The van der Waals surface area contributed by atoms with E-state index in [4.69, 9.17) is 9.47 Å². The second kappa shape index (κ2) is 10.2. The number of ether oxygens (including phenoxy) is 2. The molecule has 0 heterocycles. The summed E-state index contributed by atoms with van der Waals surface area (Å²) in [6, 6.07) is 20.3. The first-order valence-corrected chi connectivity index (χ1v) is 11.5. The Morgan fingerprint density at radius 1 is 0.969 bits per heavy atom. The van der Waals surface area contributed by atoms with Crippen LogP contribution in [0.4, 0.5) is 11.4 Å². The predicted octanol–water partition coefficient (Wildman–Crippen LogP) is 4.10. The number of carbonyl (C=O) groups excluding carboxylic acids is 1. The molecule has 0 spiro atoms. The van der Waals surface area contributed by atoms with Crippen LogP contribution in [0, 0.1) is 0 Å². The predicted molar refractivity (Wildman–Crippen MR) is 125 cm³/mol. The minimum atomic E-state index is -3.72. The Kier molecular flexibility index (Phi) is 7.37. The lowest BCUT2D eigenvalue weighted by Gasteiger charge is -2.20. The zero-order chi connectivity index (χ0) is 23.1. The van der Waals surface area contributed by atoms with Gasteiger partial charge in [0.15, 0.2) is 6.61 Å². The first-order chi connectivity index (χ1) is 15.3. The van der Waals surface area contributed by atoms with Crippen molar-refractivity contribution in [3.8, 4) is 11.5 Å². The fraction of sp³-hybridized carbons (Fsp3) is 0.208. The average molecular weight is 455 g/mol. The summed E-state index contributed by atoms with van der Waals surface area (Å²) in [5.74, 6) is 0.762. The molecule has 0 saturated heterocycles. The molecule has 0 atom stereocenters. The Balaban J connectivity index is 1.60. The van der Waals surface area contributed by atoms with Gasteiger partial charge in [0.25, 0.3) is 15.9 Å². The summed E-state index contributed by atoms with van der Waals surface area (Å²) < 4.78 is 37.5. The van der Waals surface area contributed by atoms with E-state index in [1.807, 2.05) is 31.2 Å². The molecule has 7 nitrogen and oxygen atoms in total. The molecule has 0 aliphatic heterocycles. The van der Waals surface area contributed by atoms with Crippen LogP contribution in [0.1, 0.15) is 12.5 Å². The van der Waals surface area contributed by atoms with Gasteiger partial charge in [-0.2, -0.15) is 0 Å². The van der Waals surface area contributed by atoms with E-state index < -0.39 is 10.0 Å². The molecule has 0 saturated carbocycles. The number of aryl methyl sites for hydroxylation is 1. The van der Waals surface area contributed by atoms with E-state index in [2.05, 4.69) is 5.32 Å². The van der Waals surface area contributed by atoms with Crippen molar-refractivity contribution in [2.75, 3.05) is 30.4 Å². The molecular formula is C24H26N2O5S. The number of nitrogens with zero attached hydrogens (tertiary/aromatic N) is 1. The lowest BCUT2D eigenvalue weighted by atomic mass is 10.1. The quantitative estimate of drug-likeness (QED) is 0.526. The van der Waals surface area contributed by atoms with Gasteiger partial charge < -0.3 is 14.8 Å². The first-order valence-electron chi connectivity index (χ1n) is 10.1. The number of sulfonamides is 1. The molecule has 0 aliphatic carbocycles. The second-order valence-corrected chi connectivity index (χ2v) is 9.00. The van der Waals surface area contributed by atoms with Gasteiger partial charge in [-0.3, -0.25) is 9.10 Å². The van der Waals surface area contributed by atoms with Crippen molar-refractivity contribution in [2.24, 2.45) is 0 Å². The van der Waals surface area contributed by atoms with Gasteiger partial charge in [0, 0.05) is 12.7 Å². The molecule has 0 radical (unpaired) electrons. The lowest BCUT2D eigenvalue weighted by Crippen LogP contribution is -2.26. The average Bonchev–Trinajstić information content (AvgIpc) is 2.82. The van der Waals surface area contributed by atoms with E-state index in [-0.39, 0.29) is 17.4 Å². The summed E-state index contributed by atoms with van der Waals surface area (Å²) in [6.07, 6.45) is 0.884. The molecule has 8 heteroatoms. The van der Waals surface area contributed by atoms with E-state index >= 15 is 0 Å². The fourth-order valence-electron chi connectivity index (χ4n) is 3.01. The number of amides is 1. The van der Waals surface area contributed by atoms with Crippen molar-refractivity contribution >= 4 is 27.3 Å². The molecule has 3 aromatic carbocycles. The third-order valence-corrected chi connectivity index (χ3v) is 6.71. The molecule has 3 aromatic rings. The van der Waals surface area contributed by atoms with E-state index in [1.165, 1.54) is 30.6 Å². The van der Waals surface area contributed by atoms with Crippen molar-refractivity contribution < 1.29 is 22.7 Å². The van der Waals surface area contributed by atoms with Gasteiger partial charge in [0.1, 0.15) is 11.5 Å². The number of anilines is 2. The topological polar surface area (TPSA) is 84.9 Å². The molecule has 168 valence electrons. The maximum atomic E-state index is 12.9. The lowest BCUT2D eigenvalue weighted by molar-refractivity contribution is -0.118. The monoisotopic (exact) mass is 454 g/mol. The Labute approximate surface area is 188 Å². The maximum absolute atomic E-state index is 12.9. The molecule has 0 aliphatic rings. The number of carbonyl (C=O) groups is 1. The van der Waals surface area contributed by atoms with E-state index in [9.17, 15) is 13.2 Å². The highest BCUT2D eigenvalue weighted by Crippen LogP contribution is 2.25. The van der Waals surface area contributed by atoms with Crippen molar-refractivity contribution in [1.29, 1.82) is 0 Å². The summed E-state index contributed by atoms with van der Waals surface area (Å²) in [5.41, 5.74) is 2.32. The molecule has 0 fully saturated rings. The maximum Gasteiger partial charge on any atom is 0.264 e. The van der Waals surface area contributed by atoms with E-state index in [0.29, 0.717) is 17.2 Å². The fourth-order valence-corrected chi connectivity index (χ4v) is 4.21. The first kappa shape index (κ1) is 23.1. The van der Waals surface area contributed by atoms with Gasteiger partial charge in [-0.1, -0.05) is 19.1 Å². The van der Waals surface area contributed by atoms with Gasteiger partial charge >= 0.3 is 0 Å². The molecule has 0 bridgehead atoms. The van der Waals surface area contributed by atoms with Crippen molar-refractivity contribution in [3.05, 3.63) is 78.4 Å². The van der Waals surface area contributed by atoms with E-state index in [1.54, 1.807) is 36.4 Å². The molecular weight excluding hydrogens is 428 g/mol. The van der Waals surface area contributed by atoms with Gasteiger partial charge in [-0.05, 0) is 72.6 Å². The van der Waals surface area contributed by atoms with Crippen LogP contribution in [0.5, 0.6) is 11.5 Å². The van der Waals surface area contributed by atoms with Crippen LogP contribution < -0.4 is 19.1 Å². The molecule has 1 amide bonds. The minimum Gasteiger partial charge on any atom is -0.497 e. The number of hydrogen-bond donors (Lipinski definition) is 1. The summed E-state index contributed by atoms with van der Waals surface area (Å²) >= 11 is 0. The van der Waals surface area contributed by atoms with E-state index in [0.717, 1.165) is 17.7 Å². The van der Waals surface area contributed by atoms with Crippen molar-refractivity contribution in [2.45, 2.75) is 18.2 Å². The zero-order valence-electron chi connectivity index (χ0n) is 18.2. The van der Waals surface area contributed by atoms with Crippen LogP contribution >= 0.6 is 0 Å². The number of nitrogens with one attached hydrogen (secondary N) is 1. The number of rotatable bonds is 9. The summed E-state index contributed by atoms with van der Waals surface area (Å²) in [7, 11) is -0.723. The van der Waals surface area contributed by atoms with Crippen molar-refractivity contribution in [1.82, 2.24) is 0 Å². The Morgan fingerprint density at radius 2 is 1.62 bits per heavy atom. The summed E-state index contributed by atoms with van der Waals surface area (Å²) in [5, 5.41) is 2.80. The minimum absolute atomic E-state index is 0.157. The smallest absolute Gasteiger partial charge is 0.264 e. The standard InChI is InChI=1S/C24H26N2O5S/c1-4-18-6-5-7-19(16-18)25-24(27)17-31-22-10-8-20(9-11-22)26(2)32(28,29)23-14-12-21(30-3)13-15-23/h5-16H,4,17H2,1-3H3,(H,25,27). The zero-order valence-corrected chi connectivity index (χ0v) is 19.1. The van der Waals surface area contributed by atoms with Crippen LogP contribution in [0.25, 0.3) is 0 Å². The Hall–Kier alpha value is -3.52. The molecule has 0 unspecified atom stereocenters. The van der Waals surface area contributed by atoms with Crippen LogP contribution in [0.2, 0.25) is 0 Å². The van der Waals surface area contributed by atoms with Gasteiger partial charge in [-0.15, -0.1) is 0 Å². The summed E-state index contributed by atoms with van der Waals surface area (Å²) in [4.78, 5) is 12.3. The SMILES string of the molecule is CCc1cccc(NC(=O)COc2ccc(N(C)S(=O)(=O)c3ccc(OC)cc3)cc2)c1. The number of benzene rings is 3. The van der Waals surface area contributed by atoms with Crippen LogP contribution in [-0.2, 0) is 21.2 Å². The summed E-state index contributed by atoms with van der Waals surface area (Å²) in [6.45, 7) is 1.89. The van der Waals surface area contributed by atoms with Crippen LogP contribution in [-0.4, -0.2) is 35.1 Å². The molecule has 0 aromatic heterocycles. The second-order valence-electron chi connectivity index (χ2n) is 7.03. The third-order valence-electron chi connectivity index (χ3n) is 4.91. The highest BCUT2D eigenvalue weighted by molar-refractivity contribution is 7.92. The van der Waals surface area contributed by atoms with Crippen LogP contribution in [0.3, 0.4) is 0 Å².